The maximum atomic E-state index is 3.63. The molecule has 1 N–H and O–H groups in total. The smallest absolute Gasteiger partial charge is 0.0214 e. The van der Waals surface area contributed by atoms with Crippen LogP contribution in [0.2, 0.25) is 0 Å². The minimum atomic E-state index is 0.428. The summed E-state index contributed by atoms with van der Waals surface area (Å²) in [6, 6.07) is 21.6. The average Bonchev–Trinajstić information content (AvgIpc) is 2.56. The van der Waals surface area contributed by atoms with Crippen molar-refractivity contribution in [1.82, 2.24) is 5.32 Å². The Morgan fingerprint density at radius 3 is 1.90 bits per heavy atom. The molecule has 112 valence electrons. The fourth-order valence-electron chi connectivity index (χ4n) is 2.47. The van der Waals surface area contributed by atoms with Crippen molar-refractivity contribution in [3.05, 3.63) is 71.8 Å². The van der Waals surface area contributed by atoms with Crippen molar-refractivity contribution in [1.29, 1.82) is 0 Å². The number of benzene rings is 2. The van der Waals surface area contributed by atoms with E-state index in [1.54, 1.807) is 0 Å². The van der Waals surface area contributed by atoms with Gasteiger partial charge < -0.3 is 5.32 Å². The highest BCUT2D eigenvalue weighted by atomic mass is 32.2. The van der Waals surface area contributed by atoms with Gasteiger partial charge in [0.15, 0.2) is 0 Å². The van der Waals surface area contributed by atoms with E-state index < -0.39 is 0 Å². The van der Waals surface area contributed by atoms with Crippen LogP contribution >= 0.6 is 11.8 Å². The largest absolute Gasteiger partial charge is 0.316 e. The summed E-state index contributed by atoms with van der Waals surface area (Å²) >= 11 is 1.94. The van der Waals surface area contributed by atoms with E-state index in [9.17, 15) is 0 Å². The minimum Gasteiger partial charge on any atom is -0.316 e. The van der Waals surface area contributed by atoms with E-state index in [2.05, 4.69) is 79.2 Å². The molecule has 2 aromatic rings. The molecular formula is C19H25NS. The Bertz CT molecular complexity index is 458. The molecule has 0 radical (unpaired) electrons. The van der Waals surface area contributed by atoms with Crippen molar-refractivity contribution >= 4 is 11.8 Å². The molecule has 0 fully saturated rings. The van der Waals surface area contributed by atoms with E-state index in [4.69, 9.17) is 0 Å². The van der Waals surface area contributed by atoms with E-state index >= 15 is 0 Å². The molecule has 0 saturated heterocycles. The molecule has 0 aromatic heterocycles. The fourth-order valence-corrected chi connectivity index (χ4v) is 2.82. The molecule has 21 heavy (non-hydrogen) atoms. The molecule has 1 atom stereocenters. The topological polar surface area (TPSA) is 12.0 Å². The van der Waals surface area contributed by atoms with Crippen molar-refractivity contribution in [3.8, 4) is 0 Å². The van der Waals surface area contributed by atoms with Gasteiger partial charge in [-0.25, -0.2) is 0 Å². The molecule has 2 rings (SSSR count). The second-order valence-corrected chi connectivity index (χ2v) is 6.69. The highest BCUT2D eigenvalue weighted by Gasteiger charge is 2.13. The quantitative estimate of drug-likeness (QED) is 0.718. The van der Waals surface area contributed by atoms with E-state index in [0.29, 0.717) is 5.92 Å². The van der Waals surface area contributed by atoms with E-state index in [1.165, 1.54) is 17.5 Å². The lowest BCUT2D eigenvalue weighted by molar-refractivity contribution is 0.611. The number of thioether (sulfide) groups is 1. The monoisotopic (exact) mass is 299 g/mol. The van der Waals surface area contributed by atoms with Crippen molar-refractivity contribution < 1.29 is 0 Å². The molecule has 0 aliphatic rings. The SMILES string of the molecule is CSC(C)CCNCC(c1ccccc1)c1ccccc1. The molecule has 0 bridgehead atoms. The summed E-state index contributed by atoms with van der Waals surface area (Å²) in [4.78, 5) is 0. The van der Waals surface area contributed by atoms with Crippen LogP contribution < -0.4 is 5.32 Å². The summed E-state index contributed by atoms with van der Waals surface area (Å²) in [6.45, 7) is 4.37. The van der Waals surface area contributed by atoms with Crippen LogP contribution in [-0.2, 0) is 0 Å². The van der Waals surface area contributed by atoms with Crippen molar-refractivity contribution in [2.75, 3.05) is 19.3 Å². The van der Waals surface area contributed by atoms with E-state index in [-0.39, 0.29) is 0 Å². The third-order valence-electron chi connectivity index (χ3n) is 3.88. The molecule has 0 aliphatic heterocycles. The Labute approximate surface area is 133 Å². The van der Waals surface area contributed by atoms with Gasteiger partial charge in [-0.3, -0.25) is 0 Å². The van der Waals surface area contributed by atoms with Gasteiger partial charge in [0.1, 0.15) is 0 Å². The summed E-state index contributed by atoms with van der Waals surface area (Å²) in [5, 5.41) is 4.36. The number of hydrogen-bond acceptors (Lipinski definition) is 2. The standard InChI is InChI=1S/C19H25NS/c1-16(21-2)13-14-20-15-19(17-9-5-3-6-10-17)18-11-7-4-8-12-18/h3-12,16,19-20H,13-15H2,1-2H3. The van der Waals surface area contributed by atoms with Gasteiger partial charge >= 0.3 is 0 Å². The van der Waals surface area contributed by atoms with Gasteiger partial charge in [-0.2, -0.15) is 11.8 Å². The molecular weight excluding hydrogens is 274 g/mol. The Morgan fingerprint density at radius 1 is 0.905 bits per heavy atom. The molecule has 0 heterocycles. The Hall–Kier alpha value is -1.25. The molecule has 0 aliphatic carbocycles. The van der Waals surface area contributed by atoms with Crippen LogP contribution in [-0.4, -0.2) is 24.6 Å². The Balaban J connectivity index is 2.00. The summed E-state index contributed by atoms with van der Waals surface area (Å²) in [5.74, 6) is 0.428. The van der Waals surface area contributed by atoms with Crippen LogP contribution in [0, 0.1) is 0 Å². The summed E-state index contributed by atoms with van der Waals surface area (Å²) in [6.07, 6.45) is 3.40. The maximum absolute atomic E-state index is 3.63. The van der Waals surface area contributed by atoms with Gasteiger partial charge in [-0.15, -0.1) is 0 Å². The first kappa shape index (κ1) is 16.1. The number of rotatable bonds is 8. The normalized spacial score (nSPS) is 12.5. The Morgan fingerprint density at radius 2 is 1.43 bits per heavy atom. The lowest BCUT2D eigenvalue weighted by Crippen LogP contribution is -2.24. The summed E-state index contributed by atoms with van der Waals surface area (Å²) in [7, 11) is 0. The lowest BCUT2D eigenvalue weighted by Gasteiger charge is -2.19. The predicted molar refractivity (Wildman–Crippen MR) is 95.2 cm³/mol. The van der Waals surface area contributed by atoms with Gasteiger partial charge in [-0.05, 0) is 30.3 Å². The van der Waals surface area contributed by atoms with Crippen LogP contribution in [0.25, 0.3) is 0 Å². The lowest BCUT2D eigenvalue weighted by atomic mass is 9.91. The first-order valence-electron chi connectivity index (χ1n) is 7.64. The summed E-state index contributed by atoms with van der Waals surface area (Å²) < 4.78 is 0. The third-order valence-corrected chi connectivity index (χ3v) is 4.92. The zero-order valence-electron chi connectivity index (χ0n) is 13.0. The molecule has 0 saturated carbocycles. The third kappa shape index (κ3) is 5.22. The van der Waals surface area contributed by atoms with Crippen molar-refractivity contribution in [2.24, 2.45) is 0 Å². The van der Waals surface area contributed by atoms with Crippen molar-refractivity contribution in [3.63, 3.8) is 0 Å². The average molecular weight is 299 g/mol. The maximum Gasteiger partial charge on any atom is 0.0214 e. The molecule has 2 heteroatoms. The van der Waals surface area contributed by atoms with E-state index in [1.807, 2.05) is 11.8 Å². The minimum absolute atomic E-state index is 0.428. The summed E-state index contributed by atoms with van der Waals surface area (Å²) in [5.41, 5.74) is 2.77. The van der Waals surface area contributed by atoms with Crippen LogP contribution in [0.1, 0.15) is 30.4 Å². The molecule has 1 unspecified atom stereocenters. The molecule has 2 aromatic carbocycles. The second-order valence-electron chi connectivity index (χ2n) is 5.41. The highest BCUT2D eigenvalue weighted by molar-refractivity contribution is 7.99. The second kappa shape index (κ2) is 8.91. The van der Waals surface area contributed by atoms with Crippen LogP contribution in [0.4, 0.5) is 0 Å². The van der Waals surface area contributed by atoms with Gasteiger partial charge in [0, 0.05) is 17.7 Å². The first-order valence-corrected chi connectivity index (χ1v) is 8.93. The van der Waals surface area contributed by atoms with Crippen LogP contribution in [0.5, 0.6) is 0 Å². The van der Waals surface area contributed by atoms with E-state index in [0.717, 1.165) is 18.3 Å². The van der Waals surface area contributed by atoms with Gasteiger partial charge in [0.05, 0.1) is 0 Å². The zero-order chi connectivity index (χ0) is 14.9. The number of hydrogen-bond donors (Lipinski definition) is 1. The fraction of sp³-hybridized carbons (Fsp3) is 0.368. The van der Waals surface area contributed by atoms with Crippen molar-refractivity contribution in [2.45, 2.75) is 24.5 Å². The zero-order valence-corrected chi connectivity index (χ0v) is 13.8. The van der Waals surface area contributed by atoms with Gasteiger partial charge in [-0.1, -0.05) is 67.6 Å². The molecule has 0 amide bonds. The van der Waals surface area contributed by atoms with Gasteiger partial charge in [0.2, 0.25) is 0 Å². The molecule has 0 spiro atoms. The van der Waals surface area contributed by atoms with Gasteiger partial charge in [0.25, 0.3) is 0 Å². The van der Waals surface area contributed by atoms with Crippen LogP contribution in [0.15, 0.2) is 60.7 Å². The highest BCUT2D eigenvalue weighted by Crippen LogP contribution is 2.23. The Kier molecular flexibility index (Phi) is 6.84. The van der Waals surface area contributed by atoms with Crippen LogP contribution in [0.3, 0.4) is 0 Å². The predicted octanol–water partition coefficient (Wildman–Crippen LogP) is 4.55. The first-order chi connectivity index (χ1) is 10.3. The molecule has 1 nitrogen and oxygen atoms in total. The number of nitrogens with one attached hydrogen (secondary N) is 1.